The number of carbonyl (C=O) groups is 1. The number of carboxylic acid groups (broad SMARTS) is 1. The van der Waals surface area contributed by atoms with Crippen LogP contribution in [0.15, 0.2) is 12.3 Å². The molecule has 0 aromatic carbocycles. The Hall–Kier alpha value is -1.36. The zero-order chi connectivity index (χ0) is 13.1. The van der Waals surface area contributed by atoms with Crippen LogP contribution in [0, 0.1) is 5.82 Å². The lowest BCUT2D eigenvalue weighted by Gasteiger charge is -2.26. The van der Waals surface area contributed by atoms with Gasteiger partial charge < -0.3 is 10.4 Å². The molecule has 0 atom stereocenters. The minimum absolute atomic E-state index is 0.00914. The van der Waals surface area contributed by atoms with Crippen LogP contribution in [-0.2, 0) is 4.79 Å². The third-order valence-electron chi connectivity index (χ3n) is 2.23. The van der Waals surface area contributed by atoms with E-state index < -0.39 is 17.3 Å². The molecule has 0 amide bonds. The predicted octanol–water partition coefficient (Wildman–Crippen LogP) is 2.93. The van der Waals surface area contributed by atoms with E-state index in [0.717, 1.165) is 6.07 Å². The van der Waals surface area contributed by atoms with E-state index in [1.165, 1.54) is 6.20 Å². The molecule has 0 spiro atoms. The Morgan fingerprint density at radius 1 is 1.65 bits per heavy atom. The van der Waals surface area contributed by atoms with E-state index in [1.807, 2.05) is 0 Å². The van der Waals surface area contributed by atoms with E-state index in [4.69, 9.17) is 16.7 Å². The average molecular weight is 261 g/mol. The molecule has 2 N–H and O–H groups in total. The highest BCUT2D eigenvalue weighted by atomic mass is 35.5. The molecular formula is C11H14ClFN2O2. The van der Waals surface area contributed by atoms with Crippen molar-refractivity contribution in [3.63, 3.8) is 0 Å². The van der Waals surface area contributed by atoms with Crippen LogP contribution in [0.3, 0.4) is 0 Å². The van der Waals surface area contributed by atoms with Gasteiger partial charge >= 0.3 is 5.97 Å². The summed E-state index contributed by atoms with van der Waals surface area (Å²) in [5.41, 5.74) is -0.555. The topological polar surface area (TPSA) is 62.2 Å². The maximum atomic E-state index is 13.5. The van der Waals surface area contributed by atoms with Crippen molar-refractivity contribution in [3.8, 4) is 0 Å². The number of aliphatic carboxylic acids is 1. The Labute approximate surface area is 104 Å². The van der Waals surface area contributed by atoms with Crippen LogP contribution in [0.5, 0.6) is 0 Å². The van der Waals surface area contributed by atoms with E-state index >= 15 is 0 Å². The van der Waals surface area contributed by atoms with Crippen LogP contribution in [0.1, 0.15) is 26.7 Å². The second-order valence-electron chi connectivity index (χ2n) is 4.39. The summed E-state index contributed by atoms with van der Waals surface area (Å²) in [6.07, 6.45) is 1.71. The minimum Gasteiger partial charge on any atom is -0.481 e. The van der Waals surface area contributed by atoms with Gasteiger partial charge in [0.2, 0.25) is 0 Å². The molecule has 0 radical (unpaired) electrons. The molecular weight excluding hydrogens is 247 g/mol. The van der Waals surface area contributed by atoms with Crippen molar-refractivity contribution in [1.29, 1.82) is 0 Å². The van der Waals surface area contributed by atoms with Crippen molar-refractivity contribution >= 4 is 23.4 Å². The highest BCUT2D eigenvalue weighted by molar-refractivity contribution is 6.30. The Morgan fingerprint density at radius 3 is 2.82 bits per heavy atom. The zero-order valence-corrected chi connectivity index (χ0v) is 10.4. The predicted molar refractivity (Wildman–Crippen MR) is 63.8 cm³/mol. The lowest BCUT2D eigenvalue weighted by Crippen LogP contribution is -2.32. The fraction of sp³-hybridized carbons (Fsp3) is 0.455. The van der Waals surface area contributed by atoms with Gasteiger partial charge in [-0.25, -0.2) is 9.37 Å². The third kappa shape index (κ3) is 4.56. The quantitative estimate of drug-likeness (QED) is 0.854. The normalized spacial score (nSPS) is 11.3. The summed E-state index contributed by atoms with van der Waals surface area (Å²) in [4.78, 5) is 14.3. The number of nitrogens with one attached hydrogen (secondary N) is 1. The molecule has 0 unspecified atom stereocenters. The molecule has 0 bridgehead atoms. The number of halogens is 2. The van der Waals surface area contributed by atoms with Gasteiger partial charge in [0, 0.05) is 18.2 Å². The van der Waals surface area contributed by atoms with Crippen molar-refractivity contribution in [2.75, 3.05) is 5.32 Å². The number of aromatic nitrogens is 1. The summed E-state index contributed by atoms with van der Waals surface area (Å²) in [5, 5.41) is 11.7. The van der Waals surface area contributed by atoms with Crippen molar-refractivity contribution in [1.82, 2.24) is 4.98 Å². The summed E-state index contributed by atoms with van der Waals surface area (Å²) >= 11 is 5.58. The first-order valence-corrected chi connectivity index (χ1v) is 5.49. The van der Waals surface area contributed by atoms with Gasteiger partial charge in [-0.3, -0.25) is 4.79 Å². The van der Waals surface area contributed by atoms with E-state index in [0.29, 0.717) is 6.42 Å². The number of hydrogen-bond donors (Lipinski definition) is 2. The zero-order valence-electron chi connectivity index (χ0n) is 9.63. The second-order valence-corrected chi connectivity index (χ2v) is 4.82. The highest BCUT2D eigenvalue weighted by Crippen LogP contribution is 2.22. The molecule has 0 aliphatic heterocycles. The molecule has 0 aliphatic carbocycles. The minimum atomic E-state index is -0.885. The number of pyridine rings is 1. The summed E-state index contributed by atoms with van der Waals surface area (Å²) in [6, 6.07) is 1.16. The van der Waals surface area contributed by atoms with Gasteiger partial charge in [0.1, 0.15) is 0 Å². The SMILES string of the molecule is CC(C)(CCC(=O)O)Nc1ncc(Cl)cc1F. The summed E-state index contributed by atoms with van der Waals surface area (Å²) < 4.78 is 13.5. The third-order valence-corrected chi connectivity index (χ3v) is 2.44. The van der Waals surface area contributed by atoms with Gasteiger partial charge in [0.05, 0.1) is 5.02 Å². The number of carboxylic acids is 1. The van der Waals surface area contributed by atoms with E-state index in [9.17, 15) is 9.18 Å². The summed E-state index contributed by atoms with van der Waals surface area (Å²) in [5.74, 6) is -1.37. The molecule has 4 nitrogen and oxygen atoms in total. The Balaban J connectivity index is 2.72. The van der Waals surface area contributed by atoms with Crippen molar-refractivity contribution in [2.24, 2.45) is 0 Å². The molecule has 1 rings (SSSR count). The van der Waals surface area contributed by atoms with Crippen LogP contribution in [-0.4, -0.2) is 21.6 Å². The number of hydrogen-bond acceptors (Lipinski definition) is 3. The van der Waals surface area contributed by atoms with E-state index in [2.05, 4.69) is 10.3 Å². The highest BCUT2D eigenvalue weighted by Gasteiger charge is 2.21. The van der Waals surface area contributed by atoms with Gasteiger partial charge in [-0.15, -0.1) is 0 Å². The van der Waals surface area contributed by atoms with Crippen molar-refractivity contribution < 1.29 is 14.3 Å². The molecule has 17 heavy (non-hydrogen) atoms. The largest absolute Gasteiger partial charge is 0.481 e. The maximum absolute atomic E-state index is 13.5. The monoisotopic (exact) mass is 260 g/mol. The molecule has 0 fully saturated rings. The molecule has 0 saturated heterocycles. The van der Waals surface area contributed by atoms with Gasteiger partial charge in [0.15, 0.2) is 11.6 Å². The molecule has 94 valence electrons. The smallest absolute Gasteiger partial charge is 0.303 e. The van der Waals surface area contributed by atoms with Crippen LogP contribution >= 0.6 is 11.6 Å². The Kier molecular flexibility index (Phi) is 4.28. The molecule has 0 saturated carbocycles. The number of rotatable bonds is 5. The first kappa shape index (κ1) is 13.7. The van der Waals surface area contributed by atoms with Crippen LogP contribution in [0.2, 0.25) is 5.02 Å². The fourth-order valence-corrected chi connectivity index (χ4v) is 1.45. The van der Waals surface area contributed by atoms with Gasteiger partial charge in [-0.05, 0) is 26.3 Å². The van der Waals surface area contributed by atoms with E-state index in [1.54, 1.807) is 13.8 Å². The lowest BCUT2D eigenvalue weighted by atomic mass is 9.98. The number of anilines is 1. The summed E-state index contributed by atoms with van der Waals surface area (Å²) in [6.45, 7) is 3.57. The molecule has 1 aromatic heterocycles. The Bertz CT molecular complexity index is 424. The number of nitrogens with zero attached hydrogens (tertiary/aromatic N) is 1. The standard InChI is InChI=1S/C11H14ClFN2O2/c1-11(2,4-3-9(16)17)15-10-8(13)5-7(12)6-14-10/h5-6H,3-4H2,1-2H3,(H,14,15)(H,16,17). The Morgan fingerprint density at radius 2 is 2.29 bits per heavy atom. The van der Waals surface area contributed by atoms with Crippen molar-refractivity contribution in [2.45, 2.75) is 32.2 Å². The first-order valence-electron chi connectivity index (χ1n) is 5.11. The maximum Gasteiger partial charge on any atom is 0.303 e. The van der Waals surface area contributed by atoms with E-state index in [-0.39, 0.29) is 17.3 Å². The summed E-state index contributed by atoms with van der Waals surface area (Å²) in [7, 11) is 0. The van der Waals surface area contributed by atoms with Crippen LogP contribution < -0.4 is 5.32 Å². The molecule has 1 heterocycles. The van der Waals surface area contributed by atoms with Gasteiger partial charge in [0.25, 0.3) is 0 Å². The molecule has 0 aliphatic rings. The first-order chi connectivity index (χ1) is 7.80. The lowest BCUT2D eigenvalue weighted by molar-refractivity contribution is -0.137. The van der Waals surface area contributed by atoms with Crippen molar-refractivity contribution in [3.05, 3.63) is 23.1 Å². The average Bonchev–Trinajstić information content (AvgIpc) is 2.20. The molecule has 6 heteroatoms. The van der Waals surface area contributed by atoms with Crippen LogP contribution in [0.4, 0.5) is 10.2 Å². The van der Waals surface area contributed by atoms with Gasteiger partial charge in [-0.2, -0.15) is 0 Å². The second kappa shape index (κ2) is 5.31. The van der Waals surface area contributed by atoms with Crippen LogP contribution in [0.25, 0.3) is 0 Å². The fourth-order valence-electron chi connectivity index (χ4n) is 1.31. The molecule has 1 aromatic rings. The van der Waals surface area contributed by atoms with Gasteiger partial charge in [-0.1, -0.05) is 11.6 Å².